The van der Waals surface area contributed by atoms with Crippen molar-refractivity contribution in [1.29, 1.82) is 0 Å². The minimum Gasteiger partial charge on any atom is -0.378 e. The molecule has 1 unspecified atom stereocenters. The summed E-state index contributed by atoms with van der Waals surface area (Å²) in [6.45, 7) is 6.79. The van der Waals surface area contributed by atoms with Crippen LogP contribution in [0.2, 0.25) is 0 Å². The minimum atomic E-state index is 0.357. The Bertz CT molecular complexity index is 147. The van der Waals surface area contributed by atoms with Crippen molar-refractivity contribution in [1.82, 2.24) is 0 Å². The summed E-state index contributed by atoms with van der Waals surface area (Å²) in [5.41, 5.74) is 0. The molecule has 0 amide bonds. The Labute approximate surface area is 88.5 Å². The summed E-state index contributed by atoms with van der Waals surface area (Å²) in [6, 6.07) is 0. The molecule has 0 spiro atoms. The zero-order chi connectivity index (χ0) is 10.2. The second-order valence-electron chi connectivity index (χ2n) is 4.50. The maximum atomic E-state index is 5.71. The fraction of sp³-hybridized carbons (Fsp3) is 0.846. The average Bonchev–Trinajstić information content (AvgIpc) is 2.20. The van der Waals surface area contributed by atoms with Crippen molar-refractivity contribution >= 4 is 0 Å². The molecule has 0 bridgehead atoms. The molecule has 0 aromatic rings. The van der Waals surface area contributed by atoms with E-state index >= 15 is 0 Å². The van der Waals surface area contributed by atoms with E-state index < -0.39 is 0 Å². The molecule has 82 valence electrons. The lowest BCUT2D eigenvalue weighted by molar-refractivity contribution is 0.0552. The van der Waals surface area contributed by atoms with Crippen LogP contribution in [0.25, 0.3) is 0 Å². The van der Waals surface area contributed by atoms with E-state index in [1.165, 1.54) is 38.5 Å². The summed E-state index contributed by atoms with van der Waals surface area (Å²) < 4.78 is 5.71. The molecular formula is C13H24O. The molecule has 1 saturated carbocycles. The molecule has 0 aromatic heterocycles. The van der Waals surface area contributed by atoms with E-state index in [4.69, 9.17) is 4.74 Å². The Kier molecular flexibility index (Phi) is 5.93. The zero-order valence-electron chi connectivity index (χ0n) is 9.50. The van der Waals surface area contributed by atoms with Crippen molar-refractivity contribution in [2.45, 2.75) is 58.0 Å². The molecular weight excluding hydrogens is 172 g/mol. The molecule has 0 heterocycles. The van der Waals surface area contributed by atoms with Crippen molar-refractivity contribution < 1.29 is 4.74 Å². The summed E-state index contributed by atoms with van der Waals surface area (Å²) in [5, 5.41) is 0. The Morgan fingerprint density at radius 3 is 2.71 bits per heavy atom. The molecule has 1 nitrogen and oxygen atoms in total. The summed E-state index contributed by atoms with van der Waals surface area (Å²) >= 11 is 0. The second kappa shape index (κ2) is 7.05. The van der Waals surface area contributed by atoms with Gasteiger partial charge in [-0.05, 0) is 25.7 Å². The van der Waals surface area contributed by atoms with E-state index in [0.717, 1.165) is 18.9 Å². The Morgan fingerprint density at radius 2 is 2.07 bits per heavy atom. The molecule has 1 atom stereocenters. The zero-order valence-corrected chi connectivity index (χ0v) is 9.50. The highest BCUT2D eigenvalue weighted by Crippen LogP contribution is 2.26. The van der Waals surface area contributed by atoms with E-state index in [-0.39, 0.29) is 0 Å². The van der Waals surface area contributed by atoms with Crippen LogP contribution in [-0.2, 0) is 4.74 Å². The van der Waals surface area contributed by atoms with Gasteiger partial charge in [-0.15, -0.1) is 6.58 Å². The number of hydrogen-bond donors (Lipinski definition) is 0. The van der Waals surface area contributed by atoms with Gasteiger partial charge in [0.05, 0.1) is 6.10 Å². The van der Waals surface area contributed by atoms with Crippen LogP contribution in [-0.4, -0.2) is 12.7 Å². The van der Waals surface area contributed by atoms with E-state index in [1.807, 2.05) is 6.08 Å². The normalized spacial score (nSPS) is 20.6. The molecule has 0 N–H and O–H groups in total. The third-order valence-corrected chi connectivity index (χ3v) is 3.15. The highest BCUT2D eigenvalue weighted by molar-refractivity contribution is 4.71. The maximum Gasteiger partial charge on any atom is 0.0581 e. The first-order valence-electron chi connectivity index (χ1n) is 6.05. The van der Waals surface area contributed by atoms with Crippen LogP contribution >= 0.6 is 0 Å². The van der Waals surface area contributed by atoms with Gasteiger partial charge in [0, 0.05) is 6.61 Å². The number of rotatable bonds is 6. The Balaban J connectivity index is 1.99. The van der Waals surface area contributed by atoms with E-state index in [9.17, 15) is 0 Å². The van der Waals surface area contributed by atoms with Crippen LogP contribution in [0.3, 0.4) is 0 Å². The van der Waals surface area contributed by atoms with Gasteiger partial charge in [0.15, 0.2) is 0 Å². The maximum absolute atomic E-state index is 5.71. The summed E-state index contributed by atoms with van der Waals surface area (Å²) in [5.74, 6) is 0.944. The first-order chi connectivity index (χ1) is 6.83. The molecule has 0 saturated heterocycles. The third-order valence-electron chi connectivity index (χ3n) is 3.15. The molecule has 1 rings (SSSR count). The third kappa shape index (κ3) is 4.80. The topological polar surface area (TPSA) is 9.23 Å². The molecule has 0 aromatic carbocycles. The standard InChI is InChI=1S/C13H24O/c1-3-7-12(2)14-11-10-13-8-5-4-6-9-13/h3,12-13H,1,4-11H2,2H3. The lowest BCUT2D eigenvalue weighted by Crippen LogP contribution is -2.13. The van der Waals surface area contributed by atoms with Crippen molar-refractivity contribution in [3.63, 3.8) is 0 Å². The molecule has 14 heavy (non-hydrogen) atoms. The van der Waals surface area contributed by atoms with Gasteiger partial charge >= 0.3 is 0 Å². The lowest BCUT2D eigenvalue weighted by Gasteiger charge is -2.22. The molecule has 0 aliphatic heterocycles. The fourth-order valence-corrected chi connectivity index (χ4v) is 2.21. The van der Waals surface area contributed by atoms with Crippen LogP contribution in [0.1, 0.15) is 51.9 Å². The van der Waals surface area contributed by atoms with Crippen LogP contribution in [0.5, 0.6) is 0 Å². The van der Waals surface area contributed by atoms with Gasteiger partial charge in [-0.3, -0.25) is 0 Å². The van der Waals surface area contributed by atoms with Gasteiger partial charge in [-0.25, -0.2) is 0 Å². The van der Waals surface area contributed by atoms with E-state index in [2.05, 4.69) is 13.5 Å². The van der Waals surface area contributed by atoms with Crippen molar-refractivity contribution in [2.24, 2.45) is 5.92 Å². The van der Waals surface area contributed by atoms with Crippen LogP contribution < -0.4 is 0 Å². The predicted molar refractivity (Wildman–Crippen MR) is 61.4 cm³/mol. The minimum absolute atomic E-state index is 0.357. The van der Waals surface area contributed by atoms with Crippen LogP contribution in [0.15, 0.2) is 12.7 Å². The molecule has 1 aliphatic carbocycles. The Morgan fingerprint density at radius 1 is 1.36 bits per heavy atom. The van der Waals surface area contributed by atoms with Gasteiger partial charge < -0.3 is 4.74 Å². The Hall–Kier alpha value is -0.300. The van der Waals surface area contributed by atoms with Gasteiger partial charge in [-0.2, -0.15) is 0 Å². The predicted octanol–water partition coefficient (Wildman–Crippen LogP) is 3.94. The van der Waals surface area contributed by atoms with Gasteiger partial charge in [-0.1, -0.05) is 38.2 Å². The first kappa shape index (κ1) is 11.8. The van der Waals surface area contributed by atoms with Crippen LogP contribution in [0.4, 0.5) is 0 Å². The summed E-state index contributed by atoms with van der Waals surface area (Å²) in [7, 11) is 0. The molecule has 0 radical (unpaired) electrons. The lowest BCUT2D eigenvalue weighted by atomic mass is 9.87. The van der Waals surface area contributed by atoms with Gasteiger partial charge in [0.25, 0.3) is 0 Å². The van der Waals surface area contributed by atoms with Gasteiger partial charge in [0.1, 0.15) is 0 Å². The second-order valence-corrected chi connectivity index (χ2v) is 4.50. The smallest absolute Gasteiger partial charge is 0.0581 e. The SMILES string of the molecule is C=CCC(C)OCCC1CCCCC1. The number of ether oxygens (including phenoxy) is 1. The fourth-order valence-electron chi connectivity index (χ4n) is 2.21. The molecule has 1 heteroatoms. The van der Waals surface area contributed by atoms with Crippen molar-refractivity contribution in [2.75, 3.05) is 6.61 Å². The molecule has 1 fully saturated rings. The van der Waals surface area contributed by atoms with Gasteiger partial charge in [0.2, 0.25) is 0 Å². The van der Waals surface area contributed by atoms with E-state index in [0.29, 0.717) is 6.10 Å². The summed E-state index contributed by atoms with van der Waals surface area (Å²) in [6.07, 6.45) is 11.7. The van der Waals surface area contributed by atoms with Crippen molar-refractivity contribution in [3.05, 3.63) is 12.7 Å². The summed E-state index contributed by atoms with van der Waals surface area (Å²) in [4.78, 5) is 0. The highest BCUT2D eigenvalue weighted by Gasteiger charge is 2.13. The monoisotopic (exact) mass is 196 g/mol. The largest absolute Gasteiger partial charge is 0.378 e. The number of hydrogen-bond acceptors (Lipinski definition) is 1. The first-order valence-corrected chi connectivity index (χ1v) is 6.05. The highest BCUT2D eigenvalue weighted by atomic mass is 16.5. The van der Waals surface area contributed by atoms with E-state index in [1.54, 1.807) is 0 Å². The van der Waals surface area contributed by atoms with Crippen molar-refractivity contribution in [3.8, 4) is 0 Å². The average molecular weight is 196 g/mol. The molecule has 1 aliphatic rings. The van der Waals surface area contributed by atoms with Crippen LogP contribution in [0, 0.1) is 5.92 Å². The quantitative estimate of drug-likeness (QED) is 0.585.